The second kappa shape index (κ2) is 5.29. The van der Waals surface area contributed by atoms with Crippen molar-refractivity contribution in [3.05, 3.63) is 55.9 Å². The van der Waals surface area contributed by atoms with E-state index in [1.54, 1.807) is 18.2 Å². The summed E-state index contributed by atoms with van der Waals surface area (Å²) in [5.41, 5.74) is 0.309. The summed E-state index contributed by atoms with van der Waals surface area (Å²) in [5, 5.41) is 10.2. The van der Waals surface area contributed by atoms with Crippen molar-refractivity contribution >= 4 is 27.3 Å². The highest BCUT2D eigenvalue weighted by molar-refractivity contribution is 9.10. The van der Waals surface area contributed by atoms with Gasteiger partial charge in [-0.05, 0) is 40.5 Å². The van der Waals surface area contributed by atoms with E-state index in [1.165, 1.54) is 16.2 Å². The van der Waals surface area contributed by atoms with Crippen LogP contribution in [0.4, 0.5) is 4.39 Å². The minimum absolute atomic E-state index is 0.309. The molecule has 1 atom stereocenters. The molecule has 90 valence electrons. The number of benzene rings is 1. The van der Waals surface area contributed by atoms with Crippen LogP contribution in [0.25, 0.3) is 0 Å². The number of rotatable bonds is 3. The lowest BCUT2D eigenvalue weighted by Crippen LogP contribution is -2.00. The van der Waals surface area contributed by atoms with Crippen LogP contribution in [0.5, 0.6) is 0 Å². The summed E-state index contributed by atoms with van der Waals surface area (Å²) in [6, 6.07) is 8.78. The van der Waals surface area contributed by atoms with Gasteiger partial charge < -0.3 is 5.11 Å². The third-order valence-corrected chi connectivity index (χ3v) is 4.47. The van der Waals surface area contributed by atoms with Gasteiger partial charge in [0.05, 0.1) is 4.47 Å². The van der Waals surface area contributed by atoms with Crippen molar-refractivity contribution in [1.82, 2.24) is 0 Å². The first-order chi connectivity index (χ1) is 8.13. The summed E-state index contributed by atoms with van der Waals surface area (Å²) in [4.78, 5) is 1.97. The van der Waals surface area contributed by atoms with E-state index in [0.717, 1.165) is 11.3 Å². The van der Waals surface area contributed by atoms with Gasteiger partial charge in [0.2, 0.25) is 0 Å². The summed E-state index contributed by atoms with van der Waals surface area (Å²) in [5.74, 6) is -0.397. The normalized spacial score (nSPS) is 12.7. The molecule has 1 nitrogen and oxygen atoms in total. The molecule has 0 fully saturated rings. The van der Waals surface area contributed by atoms with Crippen LogP contribution in [0.3, 0.4) is 0 Å². The number of hydrogen-bond acceptors (Lipinski definition) is 2. The molecule has 0 aliphatic rings. The van der Waals surface area contributed by atoms with Crippen LogP contribution in [0, 0.1) is 5.82 Å². The molecular formula is C13H12BrFOS. The Balaban J connectivity index is 2.36. The Morgan fingerprint density at radius 1 is 1.35 bits per heavy atom. The fourth-order valence-electron chi connectivity index (χ4n) is 1.62. The lowest BCUT2D eigenvalue weighted by atomic mass is 10.1. The van der Waals surface area contributed by atoms with Crippen LogP contribution in [0.2, 0.25) is 0 Å². The van der Waals surface area contributed by atoms with Crippen molar-refractivity contribution in [2.24, 2.45) is 0 Å². The van der Waals surface area contributed by atoms with E-state index in [9.17, 15) is 9.50 Å². The van der Waals surface area contributed by atoms with E-state index in [1.807, 2.05) is 12.1 Å². The maximum absolute atomic E-state index is 13.8. The Morgan fingerprint density at radius 2 is 2.12 bits per heavy atom. The molecule has 0 saturated heterocycles. The van der Waals surface area contributed by atoms with Gasteiger partial charge in [0.25, 0.3) is 0 Å². The molecule has 0 bridgehead atoms. The van der Waals surface area contributed by atoms with E-state index in [2.05, 4.69) is 22.9 Å². The fourth-order valence-corrected chi connectivity index (χ4v) is 2.96. The van der Waals surface area contributed by atoms with E-state index in [-0.39, 0.29) is 0 Å². The average Bonchev–Trinajstić information content (AvgIpc) is 2.80. The first-order valence-corrected chi connectivity index (χ1v) is 6.95. The van der Waals surface area contributed by atoms with Gasteiger partial charge >= 0.3 is 0 Å². The zero-order chi connectivity index (χ0) is 12.4. The van der Waals surface area contributed by atoms with Gasteiger partial charge in [-0.25, -0.2) is 4.39 Å². The average molecular weight is 315 g/mol. The quantitative estimate of drug-likeness (QED) is 0.895. The number of aliphatic hydroxyl groups excluding tert-OH is 1. The monoisotopic (exact) mass is 314 g/mol. The third kappa shape index (κ3) is 2.59. The lowest BCUT2D eigenvalue weighted by Gasteiger charge is -2.10. The molecule has 1 unspecified atom stereocenters. The second-order valence-electron chi connectivity index (χ2n) is 3.70. The molecule has 1 aromatic carbocycles. The van der Waals surface area contributed by atoms with Gasteiger partial charge in [0, 0.05) is 15.3 Å². The summed E-state index contributed by atoms with van der Waals surface area (Å²) in [6.45, 7) is 2.06. The maximum Gasteiger partial charge on any atom is 0.143 e. The van der Waals surface area contributed by atoms with Gasteiger partial charge in [0.1, 0.15) is 11.9 Å². The molecule has 1 heterocycles. The molecule has 4 heteroatoms. The van der Waals surface area contributed by atoms with Gasteiger partial charge in [-0.15, -0.1) is 11.3 Å². The third-order valence-electron chi connectivity index (χ3n) is 2.58. The summed E-state index contributed by atoms with van der Waals surface area (Å²) in [6.07, 6.45) is 0.0380. The number of hydrogen-bond donors (Lipinski definition) is 1. The van der Waals surface area contributed by atoms with Crippen LogP contribution < -0.4 is 0 Å². The van der Waals surface area contributed by atoms with Crippen LogP contribution in [0.1, 0.15) is 28.3 Å². The second-order valence-corrected chi connectivity index (χ2v) is 5.76. The Bertz CT molecular complexity index is 524. The molecule has 0 aliphatic heterocycles. The molecule has 2 rings (SSSR count). The van der Waals surface area contributed by atoms with Crippen LogP contribution in [-0.4, -0.2) is 5.11 Å². The van der Waals surface area contributed by atoms with Gasteiger partial charge in [-0.3, -0.25) is 0 Å². The molecule has 0 radical (unpaired) electrons. The van der Waals surface area contributed by atoms with E-state index < -0.39 is 11.9 Å². The molecule has 2 aromatic rings. The Kier molecular flexibility index (Phi) is 3.97. The Hall–Kier alpha value is -0.710. The molecular weight excluding hydrogens is 303 g/mol. The topological polar surface area (TPSA) is 20.2 Å². The van der Waals surface area contributed by atoms with Crippen LogP contribution in [0.15, 0.2) is 34.8 Å². The Labute approximate surface area is 112 Å². The van der Waals surface area contributed by atoms with Gasteiger partial charge in [-0.2, -0.15) is 0 Å². The van der Waals surface area contributed by atoms with E-state index in [4.69, 9.17) is 0 Å². The van der Waals surface area contributed by atoms with E-state index in [0.29, 0.717) is 10.0 Å². The van der Waals surface area contributed by atoms with Gasteiger partial charge in [-0.1, -0.05) is 19.1 Å². The highest BCUT2D eigenvalue weighted by atomic mass is 79.9. The zero-order valence-corrected chi connectivity index (χ0v) is 11.7. The minimum Gasteiger partial charge on any atom is -0.383 e. The molecule has 1 N–H and O–H groups in total. The standard InChI is InChI=1S/C13H12BrFOS/c1-2-8-6-7-11(17-8)13(16)9-4-3-5-10(14)12(9)15/h3-7,13,16H,2H2,1H3. The first-order valence-electron chi connectivity index (χ1n) is 5.34. The van der Waals surface area contributed by atoms with Crippen molar-refractivity contribution in [3.8, 4) is 0 Å². The lowest BCUT2D eigenvalue weighted by molar-refractivity contribution is 0.218. The molecule has 0 amide bonds. The van der Waals surface area contributed by atoms with Crippen molar-refractivity contribution in [3.63, 3.8) is 0 Å². The fraction of sp³-hybridized carbons (Fsp3) is 0.231. The number of halogens is 2. The highest BCUT2D eigenvalue weighted by Gasteiger charge is 2.18. The number of aliphatic hydroxyl groups is 1. The Morgan fingerprint density at radius 3 is 2.76 bits per heavy atom. The highest BCUT2D eigenvalue weighted by Crippen LogP contribution is 2.32. The summed E-state index contributed by atoms with van der Waals surface area (Å²) < 4.78 is 14.2. The van der Waals surface area contributed by atoms with Crippen molar-refractivity contribution in [1.29, 1.82) is 0 Å². The first kappa shape index (κ1) is 12.7. The summed E-state index contributed by atoms with van der Waals surface area (Å²) in [7, 11) is 0. The van der Waals surface area contributed by atoms with Crippen molar-refractivity contribution in [2.45, 2.75) is 19.4 Å². The predicted octanol–water partition coefficient (Wildman–Crippen LogP) is 4.29. The molecule has 0 saturated carbocycles. The SMILES string of the molecule is CCc1ccc(C(O)c2cccc(Br)c2F)s1. The maximum atomic E-state index is 13.8. The molecule has 0 spiro atoms. The van der Waals surface area contributed by atoms with Crippen molar-refractivity contribution < 1.29 is 9.50 Å². The zero-order valence-electron chi connectivity index (χ0n) is 9.28. The smallest absolute Gasteiger partial charge is 0.143 e. The molecule has 0 aliphatic carbocycles. The summed E-state index contributed by atoms with van der Waals surface area (Å²) >= 11 is 4.64. The minimum atomic E-state index is -0.891. The number of thiophene rings is 1. The van der Waals surface area contributed by atoms with Gasteiger partial charge in [0.15, 0.2) is 0 Å². The van der Waals surface area contributed by atoms with E-state index >= 15 is 0 Å². The largest absolute Gasteiger partial charge is 0.383 e. The molecule has 1 aromatic heterocycles. The van der Waals surface area contributed by atoms with Crippen LogP contribution >= 0.6 is 27.3 Å². The van der Waals surface area contributed by atoms with Crippen LogP contribution in [-0.2, 0) is 6.42 Å². The predicted molar refractivity (Wildman–Crippen MR) is 71.9 cm³/mol. The molecule has 17 heavy (non-hydrogen) atoms. The van der Waals surface area contributed by atoms with Crippen molar-refractivity contribution in [2.75, 3.05) is 0 Å². The number of aryl methyl sites for hydroxylation is 1.